The quantitative estimate of drug-likeness (QED) is 0.823. The Labute approximate surface area is 102 Å². The second-order valence-corrected chi connectivity index (χ2v) is 5.76. The summed E-state index contributed by atoms with van der Waals surface area (Å²) in [5, 5.41) is 20.2. The van der Waals surface area contributed by atoms with Crippen LogP contribution in [0, 0.1) is 6.92 Å². The normalized spacial score (nSPS) is 21.1. The molecule has 0 radical (unpaired) electrons. The van der Waals surface area contributed by atoms with Crippen LogP contribution in [-0.4, -0.2) is 15.8 Å². The molecule has 17 heavy (non-hydrogen) atoms. The predicted molar refractivity (Wildman–Crippen MR) is 67.4 cm³/mol. The standard InChI is InChI=1S/C15H20O2/c1-10-8-14(16)13(9-15(17)6-7-15)12-5-3-2-4-11(10)12/h8,16-17H,2-7,9H2,1H3. The molecule has 1 saturated carbocycles. The minimum atomic E-state index is -0.516. The molecule has 2 N–H and O–H groups in total. The van der Waals surface area contributed by atoms with Crippen molar-refractivity contribution >= 4 is 0 Å². The molecule has 0 saturated heterocycles. The molecule has 0 amide bonds. The summed E-state index contributed by atoms with van der Waals surface area (Å²) in [5.41, 5.74) is 4.47. The van der Waals surface area contributed by atoms with Gasteiger partial charge in [0.2, 0.25) is 0 Å². The van der Waals surface area contributed by atoms with Gasteiger partial charge in [-0.3, -0.25) is 0 Å². The van der Waals surface area contributed by atoms with Crippen molar-refractivity contribution in [2.24, 2.45) is 0 Å². The Morgan fingerprint density at radius 3 is 2.47 bits per heavy atom. The molecule has 2 aliphatic carbocycles. The number of rotatable bonds is 2. The van der Waals surface area contributed by atoms with Crippen LogP contribution in [0.1, 0.15) is 47.9 Å². The van der Waals surface area contributed by atoms with Crippen molar-refractivity contribution in [1.82, 2.24) is 0 Å². The number of benzene rings is 1. The lowest BCUT2D eigenvalue weighted by atomic mass is 9.83. The summed E-state index contributed by atoms with van der Waals surface area (Å²) in [7, 11) is 0. The molecule has 3 rings (SSSR count). The van der Waals surface area contributed by atoms with Gasteiger partial charge < -0.3 is 10.2 Å². The first-order chi connectivity index (χ1) is 8.09. The zero-order valence-electron chi connectivity index (χ0n) is 10.4. The van der Waals surface area contributed by atoms with E-state index in [-0.39, 0.29) is 0 Å². The smallest absolute Gasteiger partial charge is 0.119 e. The first kappa shape index (κ1) is 11.1. The van der Waals surface area contributed by atoms with Crippen LogP contribution in [-0.2, 0) is 19.3 Å². The lowest BCUT2D eigenvalue weighted by molar-refractivity contribution is 0.149. The number of phenols is 1. The third-order valence-electron chi connectivity index (χ3n) is 4.30. The van der Waals surface area contributed by atoms with Crippen molar-refractivity contribution in [3.8, 4) is 5.75 Å². The van der Waals surface area contributed by atoms with Crippen molar-refractivity contribution in [3.63, 3.8) is 0 Å². The highest BCUT2D eigenvalue weighted by molar-refractivity contribution is 5.50. The van der Waals surface area contributed by atoms with E-state index in [0.717, 1.165) is 31.2 Å². The van der Waals surface area contributed by atoms with Crippen LogP contribution < -0.4 is 0 Å². The molecule has 2 aliphatic rings. The van der Waals surface area contributed by atoms with Crippen LogP contribution >= 0.6 is 0 Å². The van der Waals surface area contributed by atoms with Gasteiger partial charge in [0.15, 0.2) is 0 Å². The van der Waals surface area contributed by atoms with Crippen LogP contribution in [0.2, 0.25) is 0 Å². The molecule has 0 heterocycles. The Hall–Kier alpha value is -1.02. The molecule has 0 unspecified atom stereocenters. The Kier molecular flexibility index (Phi) is 2.44. The Balaban J connectivity index is 2.06. The van der Waals surface area contributed by atoms with E-state index < -0.39 is 5.60 Å². The molecule has 1 aromatic carbocycles. The highest BCUT2D eigenvalue weighted by Gasteiger charge is 2.41. The van der Waals surface area contributed by atoms with Crippen molar-refractivity contribution in [2.75, 3.05) is 0 Å². The maximum atomic E-state index is 10.1. The zero-order chi connectivity index (χ0) is 12.0. The van der Waals surface area contributed by atoms with Gasteiger partial charge in [-0.25, -0.2) is 0 Å². The molecule has 2 nitrogen and oxygen atoms in total. The minimum Gasteiger partial charge on any atom is -0.508 e. The number of phenolic OH excluding ortho intramolecular Hbond substituents is 1. The molecule has 0 aliphatic heterocycles. The summed E-state index contributed by atoms with van der Waals surface area (Å²) in [6.07, 6.45) is 7.07. The van der Waals surface area contributed by atoms with E-state index in [4.69, 9.17) is 0 Å². The van der Waals surface area contributed by atoms with E-state index in [1.807, 2.05) is 6.07 Å². The number of aliphatic hydroxyl groups is 1. The highest BCUT2D eigenvalue weighted by atomic mass is 16.3. The third kappa shape index (κ3) is 1.95. The molecule has 92 valence electrons. The molecule has 1 fully saturated rings. The maximum Gasteiger partial charge on any atom is 0.119 e. The van der Waals surface area contributed by atoms with Gasteiger partial charge in [0, 0.05) is 12.0 Å². The van der Waals surface area contributed by atoms with Gasteiger partial charge in [-0.15, -0.1) is 0 Å². The summed E-state index contributed by atoms with van der Waals surface area (Å²) in [5.74, 6) is 0.392. The maximum absolute atomic E-state index is 10.1. The summed E-state index contributed by atoms with van der Waals surface area (Å²) in [6, 6.07) is 1.88. The Bertz CT molecular complexity index is 458. The summed E-state index contributed by atoms with van der Waals surface area (Å²) >= 11 is 0. The molecular formula is C15H20O2. The molecular weight excluding hydrogens is 212 g/mol. The molecule has 0 aromatic heterocycles. The van der Waals surface area contributed by atoms with E-state index >= 15 is 0 Å². The number of hydrogen-bond donors (Lipinski definition) is 2. The molecule has 0 spiro atoms. The van der Waals surface area contributed by atoms with E-state index in [0.29, 0.717) is 12.2 Å². The van der Waals surface area contributed by atoms with Gasteiger partial charge in [0.25, 0.3) is 0 Å². The zero-order valence-corrected chi connectivity index (χ0v) is 10.4. The molecule has 0 atom stereocenters. The van der Waals surface area contributed by atoms with Crippen molar-refractivity contribution in [2.45, 2.75) is 57.5 Å². The van der Waals surface area contributed by atoms with Gasteiger partial charge in [0.1, 0.15) is 5.75 Å². The Morgan fingerprint density at radius 1 is 1.18 bits per heavy atom. The van der Waals surface area contributed by atoms with Crippen LogP contribution in [0.5, 0.6) is 5.75 Å². The van der Waals surface area contributed by atoms with E-state index in [2.05, 4.69) is 6.92 Å². The van der Waals surface area contributed by atoms with Gasteiger partial charge in [-0.1, -0.05) is 0 Å². The highest BCUT2D eigenvalue weighted by Crippen LogP contribution is 2.43. The average Bonchev–Trinajstić information content (AvgIpc) is 3.03. The van der Waals surface area contributed by atoms with Gasteiger partial charge in [-0.05, 0) is 68.2 Å². The van der Waals surface area contributed by atoms with Crippen molar-refractivity contribution < 1.29 is 10.2 Å². The van der Waals surface area contributed by atoms with E-state index in [1.165, 1.54) is 29.5 Å². The summed E-state index contributed by atoms with van der Waals surface area (Å²) in [4.78, 5) is 0. The second kappa shape index (κ2) is 3.74. The first-order valence-corrected chi connectivity index (χ1v) is 6.65. The van der Waals surface area contributed by atoms with Crippen LogP contribution in [0.15, 0.2) is 6.07 Å². The van der Waals surface area contributed by atoms with Gasteiger partial charge in [0.05, 0.1) is 5.60 Å². The largest absolute Gasteiger partial charge is 0.508 e. The fraction of sp³-hybridized carbons (Fsp3) is 0.600. The fourth-order valence-electron chi connectivity index (χ4n) is 3.05. The van der Waals surface area contributed by atoms with Gasteiger partial charge >= 0.3 is 0 Å². The first-order valence-electron chi connectivity index (χ1n) is 6.65. The molecule has 2 heteroatoms. The van der Waals surface area contributed by atoms with Crippen LogP contribution in [0.25, 0.3) is 0 Å². The fourth-order valence-corrected chi connectivity index (χ4v) is 3.05. The predicted octanol–water partition coefficient (Wildman–Crippen LogP) is 2.65. The summed E-state index contributed by atoms with van der Waals surface area (Å²) < 4.78 is 0. The van der Waals surface area contributed by atoms with Crippen molar-refractivity contribution in [3.05, 3.63) is 28.3 Å². The Morgan fingerprint density at radius 2 is 1.82 bits per heavy atom. The lowest BCUT2D eigenvalue weighted by Crippen LogP contribution is -2.16. The van der Waals surface area contributed by atoms with Crippen molar-refractivity contribution in [1.29, 1.82) is 0 Å². The number of hydrogen-bond acceptors (Lipinski definition) is 2. The SMILES string of the molecule is Cc1cc(O)c(CC2(O)CC2)c2c1CCCC2. The second-order valence-electron chi connectivity index (χ2n) is 5.76. The number of aryl methyl sites for hydroxylation is 1. The topological polar surface area (TPSA) is 40.5 Å². The monoisotopic (exact) mass is 232 g/mol. The van der Waals surface area contributed by atoms with E-state index in [1.54, 1.807) is 0 Å². The van der Waals surface area contributed by atoms with Crippen LogP contribution in [0.3, 0.4) is 0 Å². The summed E-state index contributed by atoms with van der Waals surface area (Å²) in [6.45, 7) is 2.08. The minimum absolute atomic E-state index is 0.392. The number of fused-ring (bicyclic) bond motifs is 1. The number of aromatic hydroxyl groups is 1. The van der Waals surface area contributed by atoms with E-state index in [9.17, 15) is 10.2 Å². The van der Waals surface area contributed by atoms with Crippen LogP contribution in [0.4, 0.5) is 0 Å². The molecule has 0 bridgehead atoms. The lowest BCUT2D eigenvalue weighted by Gasteiger charge is -2.24. The molecule has 1 aromatic rings. The third-order valence-corrected chi connectivity index (χ3v) is 4.30. The average molecular weight is 232 g/mol. The van der Waals surface area contributed by atoms with Gasteiger partial charge in [-0.2, -0.15) is 0 Å².